The number of fused-ring (bicyclic) bond motifs is 1. The highest BCUT2D eigenvalue weighted by Gasteiger charge is 2.15. The fraction of sp³-hybridized carbons (Fsp3) is 0.192. The Bertz CT molecular complexity index is 1540. The number of methoxy groups -OCH3 is 1. The highest BCUT2D eigenvalue weighted by molar-refractivity contribution is 14.1. The quantitative estimate of drug-likeness (QED) is 0.141. The van der Waals surface area contributed by atoms with Crippen LogP contribution >= 0.6 is 70.4 Å². The van der Waals surface area contributed by atoms with Crippen LogP contribution in [0.1, 0.15) is 36.7 Å². The molecule has 0 N–H and O–H groups in total. The van der Waals surface area contributed by atoms with Gasteiger partial charge in [-0.3, -0.25) is 4.79 Å². The summed E-state index contributed by atoms with van der Waals surface area (Å²) in [6.07, 6.45) is 1.64. The van der Waals surface area contributed by atoms with Gasteiger partial charge in [0.2, 0.25) is 0 Å². The number of halogens is 4. The Balaban J connectivity index is 1.68. The second-order valence-electron chi connectivity index (χ2n) is 8.21. The normalized spacial score (nSPS) is 11.6. The van der Waals surface area contributed by atoms with Gasteiger partial charge >= 0.3 is 0 Å². The minimum atomic E-state index is -0.219. The molecule has 0 saturated heterocycles. The Morgan fingerprint density at radius 3 is 2.50 bits per heavy atom. The lowest BCUT2D eigenvalue weighted by atomic mass is 10.2. The first kappa shape index (κ1) is 27.3. The van der Waals surface area contributed by atoms with E-state index in [1.54, 1.807) is 19.4 Å². The summed E-state index contributed by atoms with van der Waals surface area (Å²) in [5, 5.41) is 5.03. The molecule has 10 heteroatoms. The van der Waals surface area contributed by atoms with Gasteiger partial charge in [-0.15, -0.1) is 0 Å². The second kappa shape index (κ2) is 11.7. The first-order valence-corrected chi connectivity index (χ1v) is 14.3. The van der Waals surface area contributed by atoms with Gasteiger partial charge in [0.15, 0.2) is 11.5 Å². The minimum absolute atomic E-state index is 0.00581. The Labute approximate surface area is 247 Å². The molecule has 36 heavy (non-hydrogen) atoms. The monoisotopic (exact) mass is 787 g/mol. The molecular weight excluding hydrogens is 769 g/mol. The van der Waals surface area contributed by atoms with E-state index < -0.39 is 0 Å². The Hall–Kier alpha value is -1.76. The molecule has 1 heterocycles. The van der Waals surface area contributed by atoms with Gasteiger partial charge in [-0.1, -0.05) is 67.7 Å². The fourth-order valence-corrected chi connectivity index (χ4v) is 5.82. The molecule has 0 unspecified atom stereocenters. The topological polar surface area (TPSA) is 65.7 Å². The van der Waals surface area contributed by atoms with Gasteiger partial charge in [0.25, 0.3) is 5.56 Å². The third-order valence-electron chi connectivity index (χ3n) is 5.31. The summed E-state index contributed by atoms with van der Waals surface area (Å²) in [5.41, 5.74) is 2.21. The molecular formula is C26H21Br3IN3O3. The van der Waals surface area contributed by atoms with Crippen LogP contribution in [0.5, 0.6) is 11.5 Å². The van der Waals surface area contributed by atoms with Crippen molar-refractivity contribution in [2.24, 2.45) is 5.10 Å². The van der Waals surface area contributed by atoms with Gasteiger partial charge in [-0.05, 0) is 70.6 Å². The van der Waals surface area contributed by atoms with Crippen molar-refractivity contribution in [3.8, 4) is 11.5 Å². The zero-order chi connectivity index (χ0) is 26.0. The fourth-order valence-electron chi connectivity index (χ4n) is 3.52. The second-order valence-corrected chi connectivity index (χ2v) is 12.1. The summed E-state index contributed by atoms with van der Waals surface area (Å²) in [7, 11) is 1.60. The van der Waals surface area contributed by atoms with E-state index in [0.717, 1.165) is 28.1 Å². The van der Waals surface area contributed by atoms with Crippen molar-refractivity contribution in [3.05, 3.63) is 92.8 Å². The predicted molar refractivity (Wildman–Crippen MR) is 163 cm³/mol. The predicted octanol–water partition coefficient (Wildman–Crippen LogP) is 7.88. The third-order valence-corrected chi connectivity index (χ3v) is 7.84. The molecule has 0 fully saturated rings. The largest absolute Gasteiger partial charge is 0.493 e. The van der Waals surface area contributed by atoms with Crippen LogP contribution in [-0.4, -0.2) is 23.0 Å². The molecule has 0 aliphatic rings. The summed E-state index contributed by atoms with van der Waals surface area (Å²) in [5.74, 6) is 1.81. The van der Waals surface area contributed by atoms with E-state index in [4.69, 9.17) is 14.5 Å². The average Bonchev–Trinajstić information content (AvgIpc) is 2.83. The van der Waals surface area contributed by atoms with E-state index in [0.29, 0.717) is 34.8 Å². The summed E-state index contributed by atoms with van der Waals surface area (Å²) < 4.78 is 16.7. The van der Waals surface area contributed by atoms with Gasteiger partial charge in [0, 0.05) is 24.9 Å². The van der Waals surface area contributed by atoms with E-state index in [9.17, 15) is 4.79 Å². The van der Waals surface area contributed by atoms with Crippen molar-refractivity contribution in [1.29, 1.82) is 0 Å². The minimum Gasteiger partial charge on any atom is -0.493 e. The highest BCUT2D eigenvalue weighted by atomic mass is 127. The molecule has 0 amide bonds. The van der Waals surface area contributed by atoms with Gasteiger partial charge in [0.1, 0.15) is 12.4 Å². The molecule has 4 rings (SSSR count). The first-order chi connectivity index (χ1) is 17.2. The molecule has 186 valence electrons. The molecule has 4 aromatic rings. The maximum absolute atomic E-state index is 13.3. The lowest BCUT2D eigenvalue weighted by Gasteiger charge is -2.15. The van der Waals surface area contributed by atoms with Crippen molar-refractivity contribution in [3.63, 3.8) is 0 Å². The van der Waals surface area contributed by atoms with Crippen molar-refractivity contribution in [2.75, 3.05) is 7.11 Å². The molecule has 0 spiro atoms. The summed E-state index contributed by atoms with van der Waals surface area (Å²) in [6, 6.07) is 15.2. The van der Waals surface area contributed by atoms with Crippen LogP contribution < -0.4 is 15.0 Å². The van der Waals surface area contributed by atoms with Gasteiger partial charge in [-0.25, -0.2) is 4.98 Å². The molecule has 6 nitrogen and oxygen atoms in total. The molecule has 0 bridgehead atoms. The lowest BCUT2D eigenvalue weighted by Crippen LogP contribution is -2.23. The average molecular weight is 790 g/mol. The lowest BCUT2D eigenvalue weighted by molar-refractivity contribution is 0.281. The van der Waals surface area contributed by atoms with E-state index in [-0.39, 0.29) is 11.5 Å². The summed E-state index contributed by atoms with van der Waals surface area (Å²) in [6.45, 7) is 4.35. The van der Waals surface area contributed by atoms with Crippen molar-refractivity contribution in [1.82, 2.24) is 9.66 Å². The van der Waals surface area contributed by atoms with Crippen LogP contribution in [0, 0.1) is 3.57 Å². The number of rotatable bonds is 7. The molecule has 0 saturated carbocycles. The van der Waals surface area contributed by atoms with Crippen LogP contribution in [0.25, 0.3) is 10.9 Å². The number of benzene rings is 3. The number of nitrogens with zero attached hydrogens (tertiary/aromatic N) is 3. The highest BCUT2D eigenvalue weighted by Crippen LogP contribution is 2.35. The molecule has 0 aliphatic heterocycles. The zero-order valence-electron chi connectivity index (χ0n) is 19.6. The van der Waals surface area contributed by atoms with Crippen molar-refractivity contribution >= 4 is 87.5 Å². The Morgan fingerprint density at radius 1 is 1.08 bits per heavy atom. The number of ether oxygens (including phenoxy) is 2. The van der Waals surface area contributed by atoms with Crippen LogP contribution in [-0.2, 0) is 6.61 Å². The van der Waals surface area contributed by atoms with E-state index in [1.165, 1.54) is 4.68 Å². The Kier molecular flexibility index (Phi) is 8.90. The number of hydrogen-bond donors (Lipinski definition) is 0. The standard InChI is InChI=1S/C26H21Br3IN3O3/c1-14(2)25-32-22-7-6-17(27)10-19(22)26(34)33(25)31-12-15-8-21(30)24(23(9-15)35-3)36-13-16-4-5-18(28)11-20(16)29/h4-12,14H,13H2,1-3H3. The van der Waals surface area contributed by atoms with E-state index in [2.05, 4.69) is 75.5 Å². The molecule has 0 radical (unpaired) electrons. The van der Waals surface area contributed by atoms with Crippen LogP contribution in [0.4, 0.5) is 0 Å². The van der Waals surface area contributed by atoms with Crippen molar-refractivity contribution < 1.29 is 9.47 Å². The van der Waals surface area contributed by atoms with E-state index in [1.807, 2.05) is 56.3 Å². The first-order valence-electron chi connectivity index (χ1n) is 10.9. The van der Waals surface area contributed by atoms with Crippen LogP contribution in [0.3, 0.4) is 0 Å². The number of aromatic nitrogens is 2. The summed E-state index contributed by atoms with van der Waals surface area (Å²) in [4.78, 5) is 18.0. The molecule has 3 aromatic carbocycles. The third kappa shape index (κ3) is 6.03. The van der Waals surface area contributed by atoms with Crippen molar-refractivity contribution in [2.45, 2.75) is 26.4 Å². The van der Waals surface area contributed by atoms with Gasteiger partial charge < -0.3 is 9.47 Å². The zero-order valence-corrected chi connectivity index (χ0v) is 26.5. The molecule has 1 aromatic heterocycles. The smallest absolute Gasteiger partial charge is 0.282 e. The summed E-state index contributed by atoms with van der Waals surface area (Å²) >= 11 is 12.7. The van der Waals surface area contributed by atoms with Crippen LogP contribution in [0.2, 0.25) is 0 Å². The molecule has 0 atom stereocenters. The maximum atomic E-state index is 13.3. The van der Waals surface area contributed by atoms with Gasteiger partial charge in [0.05, 0.1) is 27.8 Å². The Morgan fingerprint density at radius 2 is 1.81 bits per heavy atom. The van der Waals surface area contributed by atoms with E-state index >= 15 is 0 Å². The van der Waals surface area contributed by atoms with Gasteiger partial charge in [-0.2, -0.15) is 9.78 Å². The SMILES string of the molecule is COc1cc(C=Nn2c(C(C)C)nc3ccc(Br)cc3c2=O)cc(I)c1OCc1ccc(Br)cc1Br. The van der Waals surface area contributed by atoms with Crippen LogP contribution in [0.15, 0.2) is 71.8 Å². The maximum Gasteiger partial charge on any atom is 0.282 e. The molecule has 0 aliphatic carbocycles. The number of hydrogen-bond acceptors (Lipinski definition) is 5.